The Balaban J connectivity index is 3.15. The molecule has 0 aliphatic heterocycles. The number of hydrogen-bond donors (Lipinski definition) is 2. The van der Waals surface area contributed by atoms with Gasteiger partial charge in [0.1, 0.15) is 5.82 Å². The SMILES string of the molecule is COc1cc(Cl)c(F)c(CCON)c1O. The van der Waals surface area contributed by atoms with Crippen LogP contribution in [0.2, 0.25) is 5.02 Å². The summed E-state index contributed by atoms with van der Waals surface area (Å²) in [7, 11) is 1.35. The first-order valence-corrected chi connectivity index (χ1v) is 4.55. The van der Waals surface area contributed by atoms with E-state index >= 15 is 0 Å². The summed E-state index contributed by atoms with van der Waals surface area (Å²) >= 11 is 5.61. The summed E-state index contributed by atoms with van der Waals surface area (Å²) in [5, 5.41) is 9.49. The molecule has 0 saturated carbocycles. The van der Waals surface area contributed by atoms with Crippen LogP contribution in [-0.4, -0.2) is 18.8 Å². The van der Waals surface area contributed by atoms with Crippen molar-refractivity contribution in [2.75, 3.05) is 13.7 Å². The zero-order valence-corrected chi connectivity index (χ0v) is 8.84. The second-order valence-electron chi connectivity index (χ2n) is 2.82. The van der Waals surface area contributed by atoms with E-state index in [1.54, 1.807) is 0 Å². The first-order valence-electron chi connectivity index (χ1n) is 4.17. The second kappa shape index (κ2) is 5.16. The van der Waals surface area contributed by atoms with Crippen LogP contribution < -0.4 is 10.6 Å². The molecule has 0 unspecified atom stereocenters. The molecular weight excluding hydrogens is 225 g/mol. The lowest BCUT2D eigenvalue weighted by molar-refractivity contribution is 0.140. The minimum Gasteiger partial charge on any atom is -0.504 e. The fourth-order valence-corrected chi connectivity index (χ4v) is 1.40. The van der Waals surface area contributed by atoms with Gasteiger partial charge in [-0.25, -0.2) is 10.3 Å². The first kappa shape index (κ1) is 12.0. The maximum Gasteiger partial charge on any atom is 0.164 e. The molecule has 0 amide bonds. The Labute approximate surface area is 91.3 Å². The van der Waals surface area contributed by atoms with Crippen molar-refractivity contribution in [2.45, 2.75) is 6.42 Å². The van der Waals surface area contributed by atoms with Gasteiger partial charge in [-0.15, -0.1) is 0 Å². The van der Waals surface area contributed by atoms with Crippen molar-refractivity contribution >= 4 is 11.6 Å². The number of phenols is 1. The number of aromatic hydroxyl groups is 1. The Kier molecular flexibility index (Phi) is 4.14. The van der Waals surface area contributed by atoms with Gasteiger partial charge in [0.05, 0.1) is 18.7 Å². The van der Waals surface area contributed by atoms with E-state index in [0.29, 0.717) is 0 Å². The standard InChI is InChI=1S/C9H11ClFNO3/c1-14-7-4-6(10)8(11)5(9(7)13)2-3-15-12/h4,13H,2-3,12H2,1H3. The number of rotatable bonds is 4. The van der Waals surface area contributed by atoms with E-state index in [0.717, 1.165) is 0 Å². The summed E-state index contributed by atoms with van der Waals surface area (Å²) in [4.78, 5) is 4.31. The molecule has 0 spiro atoms. The number of benzene rings is 1. The molecule has 0 fully saturated rings. The Morgan fingerprint density at radius 2 is 2.27 bits per heavy atom. The third-order valence-electron chi connectivity index (χ3n) is 1.94. The lowest BCUT2D eigenvalue weighted by Crippen LogP contribution is -2.06. The molecular formula is C9H11ClFNO3. The molecule has 0 radical (unpaired) electrons. The number of nitrogens with two attached hydrogens (primary N) is 1. The second-order valence-corrected chi connectivity index (χ2v) is 3.23. The van der Waals surface area contributed by atoms with E-state index in [2.05, 4.69) is 4.84 Å². The Morgan fingerprint density at radius 3 is 2.80 bits per heavy atom. The number of hydrogen-bond acceptors (Lipinski definition) is 4. The summed E-state index contributed by atoms with van der Waals surface area (Å²) in [6.45, 7) is 0.0774. The molecule has 3 N–H and O–H groups in total. The highest BCUT2D eigenvalue weighted by Gasteiger charge is 2.17. The van der Waals surface area contributed by atoms with Crippen molar-refractivity contribution in [3.8, 4) is 11.5 Å². The van der Waals surface area contributed by atoms with Crippen LogP contribution in [0.4, 0.5) is 4.39 Å². The summed E-state index contributed by atoms with van der Waals surface area (Å²) < 4.78 is 18.3. The molecule has 1 aromatic carbocycles. The van der Waals surface area contributed by atoms with Crippen LogP contribution in [0.25, 0.3) is 0 Å². The van der Waals surface area contributed by atoms with E-state index in [4.69, 9.17) is 22.2 Å². The third-order valence-corrected chi connectivity index (χ3v) is 2.22. The van der Waals surface area contributed by atoms with Crippen molar-refractivity contribution in [2.24, 2.45) is 5.90 Å². The maximum absolute atomic E-state index is 13.5. The monoisotopic (exact) mass is 235 g/mol. The van der Waals surface area contributed by atoms with Crippen LogP contribution >= 0.6 is 11.6 Å². The van der Waals surface area contributed by atoms with E-state index in [9.17, 15) is 9.50 Å². The van der Waals surface area contributed by atoms with Gasteiger partial charge in [-0.05, 0) is 0 Å². The van der Waals surface area contributed by atoms with Gasteiger partial charge < -0.3 is 14.7 Å². The van der Waals surface area contributed by atoms with Crippen LogP contribution in [0.1, 0.15) is 5.56 Å². The maximum atomic E-state index is 13.5. The largest absolute Gasteiger partial charge is 0.504 e. The Hall–Kier alpha value is -1.04. The number of methoxy groups -OCH3 is 1. The highest BCUT2D eigenvalue weighted by atomic mass is 35.5. The van der Waals surface area contributed by atoms with Crippen LogP contribution in [0.3, 0.4) is 0 Å². The van der Waals surface area contributed by atoms with E-state index in [1.807, 2.05) is 0 Å². The average Bonchev–Trinajstić information content (AvgIpc) is 2.23. The normalized spacial score (nSPS) is 10.4. The van der Waals surface area contributed by atoms with Crippen LogP contribution in [-0.2, 0) is 11.3 Å². The lowest BCUT2D eigenvalue weighted by Gasteiger charge is -2.10. The van der Waals surface area contributed by atoms with E-state index in [1.165, 1.54) is 13.2 Å². The highest BCUT2D eigenvalue weighted by molar-refractivity contribution is 6.31. The third kappa shape index (κ3) is 2.50. The fraction of sp³-hybridized carbons (Fsp3) is 0.333. The number of phenolic OH excluding ortho intramolecular Hbond substituents is 1. The summed E-state index contributed by atoms with van der Waals surface area (Å²) in [6, 6.07) is 1.21. The molecule has 0 aromatic heterocycles. The minimum absolute atomic E-state index is 0.0322. The highest BCUT2D eigenvalue weighted by Crippen LogP contribution is 2.36. The molecule has 4 nitrogen and oxygen atoms in total. The quantitative estimate of drug-likeness (QED) is 0.779. The van der Waals surface area contributed by atoms with Crippen molar-refractivity contribution in [3.05, 3.63) is 22.5 Å². The van der Waals surface area contributed by atoms with Gasteiger partial charge in [0.25, 0.3) is 0 Å². The smallest absolute Gasteiger partial charge is 0.164 e. The molecule has 0 heterocycles. The number of ether oxygens (including phenoxy) is 1. The summed E-state index contributed by atoms with van der Waals surface area (Å²) in [5.74, 6) is 3.97. The van der Waals surface area contributed by atoms with E-state index in [-0.39, 0.29) is 35.1 Å². The summed E-state index contributed by atoms with van der Waals surface area (Å²) in [5.41, 5.74) is 0.0322. The van der Waals surface area contributed by atoms with Gasteiger partial charge in [0.2, 0.25) is 0 Å². The van der Waals surface area contributed by atoms with Gasteiger partial charge in [0, 0.05) is 18.1 Å². The first-order chi connectivity index (χ1) is 7.11. The Bertz CT molecular complexity index is 360. The van der Waals surface area contributed by atoms with Crippen molar-refractivity contribution < 1.29 is 19.1 Å². The molecule has 0 aliphatic carbocycles. The summed E-state index contributed by atoms with van der Waals surface area (Å²) in [6.07, 6.45) is 0.116. The van der Waals surface area contributed by atoms with E-state index < -0.39 is 5.82 Å². The van der Waals surface area contributed by atoms with Gasteiger partial charge in [-0.2, -0.15) is 0 Å². The van der Waals surface area contributed by atoms with Crippen LogP contribution in [0.15, 0.2) is 6.07 Å². The number of halogens is 2. The van der Waals surface area contributed by atoms with Crippen molar-refractivity contribution in [1.82, 2.24) is 0 Å². The van der Waals surface area contributed by atoms with Gasteiger partial charge in [-0.3, -0.25) is 0 Å². The molecule has 0 aliphatic rings. The molecule has 1 aromatic rings. The van der Waals surface area contributed by atoms with Gasteiger partial charge >= 0.3 is 0 Å². The minimum atomic E-state index is -0.688. The Morgan fingerprint density at radius 1 is 1.60 bits per heavy atom. The van der Waals surface area contributed by atoms with Crippen molar-refractivity contribution in [1.29, 1.82) is 0 Å². The molecule has 84 valence electrons. The average molecular weight is 236 g/mol. The fourth-order valence-electron chi connectivity index (χ4n) is 1.19. The molecule has 6 heteroatoms. The van der Waals surface area contributed by atoms with Gasteiger partial charge in [0.15, 0.2) is 11.5 Å². The van der Waals surface area contributed by atoms with Crippen LogP contribution in [0.5, 0.6) is 11.5 Å². The molecule has 0 saturated heterocycles. The lowest BCUT2D eigenvalue weighted by atomic mass is 10.1. The van der Waals surface area contributed by atoms with Crippen molar-refractivity contribution in [3.63, 3.8) is 0 Å². The van der Waals surface area contributed by atoms with Gasteiger partial charge in [-0.1, -0.05) is 11.6 Å². The predicted molar refractivity (Wildman–Crippen MR) is 53.5 cm³/mol. The molecule has 0 bridgehead atoms. The zero-order chi connectivity index (χ0) is 11.4. The van der Waals surface area contributed by atoms with Crippen LogP contribution in [0, 0.1) is 5.82 Å². The topological polar surface area (TPSA) is 64.7 Å². The molecule has 1 rings (SSSR count). The molecule has 0 atom stereocenters. The predicted octanol–water partition coefficient (Wildman–Crippen LogP) is 1.63. The molecule has 15 heavy (non-hydrogen) atoms. The zero-order valence-electron chi connectivity index (χ0n) is 8.09.